The average molecular weight is 387 g/mol. The predicted molar refractivity (Wildman–Crippen MR) is 112 cm³/mol. The van der Waals surface area contributed by atoms with Crippen LogP contribution in [0.1, 0.15) is 16.7 Å². The summed E-state index contributed by atoms with van der Waals surface area (Å²) in [6, 6.07) is 19.4. The van der Waals surface area contributed by atoms with Crippen molar-refractivity contribution in [3.63, 3.8) is 0 Å². The maximum Gasteiger partial charge on any atom is 0.252 e. The summed E-state index contributed by atoms with van der Waals surface area (Å²) in [5.74, 6) is 0.880. The summed E-state index contributed by atoms with van der Waals surface area (Å²) in [6.45, 7) is 0.588. The zero-order valence-corrected chi connectivity index (χ0v) is 16.0. The lowest BCUT2D eigenvalue weighted by Crippen LogP contribution is -2.11. The summed E-state index contributed by atoms with van der Waals surface area (Å²) in [6.07, 6.45) is 2.67. The van der Waals surface area contributed by atoms with Gasteiger partial charge in [-0.1, -0.05) is 42.5 Å². The molecule has 0 atom stereocenters. The topological polar surface area (TPSA) is 98.8 Å². The normalized spacial score (nSPS) is 10.8. The van der Waals surface area contributed by atoms with Crippen LogP contribution in [0.3, 0.4) is 0 Å². The molecule has 29 heavy (non-hydrogen) atoms. The van der Waals surface area contributed by atoms with E-state index in [1.165, 1.54) is 6.07 Å². The maximum absolute atomic E-state index is 11.9. The number of nitrogens with one attached hydrogen (secondary N) is 1. The van der Waals surface area contributed by atoms with E-state index in [0.29, 0.717) is 24.4 Å². The smallest absolute Gasteiger partial charge is 0.252 e. The van der Waals surface area contributed by atoms with E-state index in [9.17, 15) is 4.79 Å². The standard InChI is InChI=1S/C22H21N5O2/c1-29-18-9-7-16(8-10-18)13-27-14-17(11-15-5-3-2-4-6-15)21(26-27)19-12-20(28)25-22(23)24-19/h2-10,12,14H,11,13H2,1H3,(H3,23,24,25,28). The van der Waals surface area contributed by atoms with Gasteiger partial charge < -0.3 is 10.5 Å². The summed E-state index contributed by atoms with van der Waals surface area (Å²) < 4.78 is 7.07. The van der Waals surface area contributed by atoms with Crippen LogP contribution < -0.4 is 16.0 Å². The summed E-state index contributed by atoms with van der Waals surface area (Å²) in [7, 11) is 1.64. The second-order valence-corrected chi connectivity index (χ2v) is 6.73. The van der Waals surface area contributed by atoms with E-state index < -0.39 is 0 Å². The van der Waals surface area contributed by atoms with Gasteiger partial charge in [-0.25, -0.2) is 4.98 Å². The van der Waals surface area contributed by atoms with Crippen LogP contribution in [-0.4, -0.2) is 26.9 Å². The van der Waals surface area contributed by atoms with Gasteiger partial charge in [0.15, 0.2) is 0 Å². The van der Waals surface area contributed by atoms with E-state index in [1.54, 1.807) is 7.11 Å². The molecule has 2 heterocycles. The molecule has 4 rings (SSSR count). The van der Waals surface area contributed by atoms with E-state index in [-0.39, 0.29) is 11.5 Å². The number of rotatable bonds is 6. The number of nitrogen functional groups attached to an aromatic ring is 1. The lowest BCUT2D eigenvalue weighted by molar-refractivity contribution is 0.414. The zero-order chi connectivity index (χ0) is 20.2. The van der Waals surface area contributed by atoms with Gasteiger partial charge in [0.1, 0.15) is 17.1 Å². The van der Waals surface area contributed by atoms with Crippen molar-refractivity contribution in [2.24, 2.45) is 0 Å². The van der Waals surface area contributed by atoms with Crippen molar-refractivity contribution in [1.29, 1.82) is 0 Å². The van der Waals surface area contributed by atoms with Crippen molar-refractivity contribution >= 4 is 5.95 Å². The monoisotopic (exact) mass is 387 g/mol. The molecule has 0 radical (unpaired) electrons. The first-order valence-corrected chi connectivity index (χ1v) is 9.21. The number of aromatic amines is 1. The molecule has 7 heteroatoms. The number of nitrogens with two attached hydrogens (primary N) is 1. The van der Waals surface area contributed by atoms with Crippen molar-refractivity contribution in [3.05, 3.63) is 93.9 Å². The number of anilines is 1. The molecular formula is C22H21N5O2. The molecule has 146 valence electrons. The number of H-pyrrole nitrogens is 1. The highest BCUT2D eigenvalue weighted by molar-refractivity contribution is 5.60. The fourth-order valence-electron chi connectivity index (χ4n) is 3.22. The van der Waals surface area contributed by atoms with Gasteiger partial charge in [-0.3, -0.25) is 14.5 Å². The molecule has 0 saturated carbocycles. The Bertz CT molecular complexity index is 1160. The first-order chi connectivity index (χ1) is 14.1. The van der Waals surface area contributed by atoms with Crippen LogP contribution in [0.25, 0.3) is 11.4 Å². The van der Waals surface area contributed by atoms with Crippen LogP contribution >= 0.6 is 0 Å². The van der Waals surface area contributed by atoms with Gasteiger partial charge in [0.05, 0.1) is 13.7 Å². The molecule has 2 aromatic heterocycles. The SMILES string of the molecule is COc1ccc(Cn2cc(Cc3ccccc3)c(-c3cc(=O)[nH]c(N)n3)n2)cc1. The molecule has 0 bridgehead atoms. The number of hydrogen-bond acceptors (Lipinski definition) is 5. The Morgan fingerprint density at radius 2 is 1.83 bits per heavy atom. The van der Waals surface area contributed by atoms with Crippen molar-refractivity contribution in [1.82, 2.24) is 19.7 Å². The van der Waals surface area contributed by atoms with E-state index in [0.717, 1.165) is 22.4 Å². The fourth-order valence-corrected chi connectivity index (χ4v) is 3.22. The minimum atomic E-state index is -0.303. The van der Waals surface area contributed by atoms with Crippen LogP contribution in [0, 0.1) is 0 Å². The minimum Gasteiger partial charge on any atom is -0.497 e. The summed E-state index contributed by atoms with van der Waals surface area (Å²) in [5, 5.41) is 4.71. The van der Waals surface area contributed by atoms with Crippen molar-refractivity contribution in [3.8, 4) is 17.1 Å². The highest BCUT2D eigenvalue weighted by Crippen LogP contribution is 2.23. The number of aromatic nitrogens is 4. The molecular weight excluding hydrogens is 366 g/mol. The Balaban J connectivity index is 1.72. The third-order valence-electron chi connectivity index (χ3n) is 4.58. The number of hydrogen-bond donors (Lipinski definition) is 2. The van der Waals surface area contributed by atoms with Crippen molar-refractivity contribution in [2.45, 2.75) is 13.0 Å². The van der Waals surface area contributed by atoms with Gasteiger partial charge in [0, 0.05) is 24.2 Å². The van der Waals surface area contributed by atoms with Crippen LogP contribution in [0.15, 0.2) is 71.7 Å². The first kappa shape index (κ1) is 18.5. The van der Waals surface area contributed by atoms with Crippen LogP contribution in [0.2, 0.25) is 0 Å². The van der Waals surface area contributed by atoms with Gasteiger partial charge >= 0.3 is 0 Å². The Morgan fingerprint density at radius 3 is 2.52 bits per heavy atom. The zero-order valence-electron chi connectivity index (χ0n) is 16.0. The predicted octanol–water partition coefficient (Wildman–Crippen LogP) is 2.86. The maximum atomic E-state index is 11.9. The second-order valence-electron chi connectivity index (χ2n) is 6.73. The van der Waals surface area contributed by atoms with E-state index in [1.807, 2.05) is 53.3 Å². The third kappa shape index (κ3) is 4.35. The van der Waals surface area contributed by atoms with Crippen molar-refractivity contribution < 1.29 is 4.74 Å². The lowest BCUT2D eigenvalue weighted by Gasteiger charge is -2.04. The Hall–Kier alpha value is -3.87. The van der Waals surface area contributed by atoms with Gasteiger partial charge in [0.2, 0.25) is 5.95 Å². The van der Waals surface area contributed by atoms with Crippen LogP contribution in [-0.2, 0) is 13.0 Å². The molecule has 0 amide bonds. The Labute approximate surface area is 167 Å². The van der Waals surface area contributed by atoms with Crippen LogP contribution in [0.5, 0.6) is 5.75 Å². The van der Waals surface area contributed by atoms with Gasteiger partial charge in [-0.05, 0) is 23.3 Å². The molecule has 0 aliphatic rings. The fraction of sp³-hybridized carbons (Fsp3) is 0.136. The highest BCUT2D eigenvalue weighted by Gasteiger charge is 2.15. The number of methoxy groups -OCH3 is 1. The average Bonchev–Trinajstić information content (AvgIpc) is 3.11. The summed E-state index contributed by atoms with van der Waals surface area (Å²) in [4.78, 5) is 18.6. The van der Waals surface area contributed by atoms with Gasteiger partial charge in [-0.2, -0.15) is 5.10 Å². The molecule has 0 aliphatic heterocycles. The molecule has 0 aliphatic carbocycles. The lowest BCUT2D eigenvalue weighted by atomic mass is 10.0. The Morgan fingerprint density at radius 1 is 1.07 bits per heavy atom. The number of ether oxygens (including phenoxy) is 1. The van der Waals surface area contributed by atoms with E-state index in [4.69, 9.17) is 15.6 Å². The molecule has 0 fully saturated rings. The molecule has 7 nitrogen and oxygen atoms in total. The van der Waals surface area contributed by atoms with Crippen molar-refractivity contribution in [2.75, 3.05) is 12.8 Å². The van der Waals surface area contributed by atoms with Crippen LogP contribution in [0.4, 0.5) is 5.95 Å². The third-order valence-corrected chi connectivity index (χ3v) is 4.58. The second kappa shape index (κ2) is 8.02. The largest absolute Gasteiger partial charge is 0.497 e. The number of nitrogens with zero attached hydrogens (tertiary/aromatic N) is 3. The minimum absolute atomic E-state index is 0.0721. The number of benzene rings is 2. The summed E-state index contributed by atoms with van der Waals surface area (Å²) in [5.41, 5.74) is 9.77. The summed E-state index contributed by atoms with van der Waals surface area (Å²) >= 11 is 0. The quantitative estimate of drug-likeness (QED) is 0.530. The molecule has 0 unspecified atom stereocenters. The molecule has 0 spiro atoms. The van der Waals surface area contributed by atoms with E-state index in [2.05, 4.69) is 22.1 Å². The molecule has 2 aromatic carbocycles. The Kier molecular flexibility index (Phi) is 5.11. The van der Waals surface area contributed by atoms with E-state index >= 15 is 0 Å². The first-order valence-electron chi connectivity index (χ1n) is 9.21. The van der Waals surface area contributed by atoms with Gasteiger partial charge in [0.25, 0.3) is 5.56 Å². The highest BCUT2D eigenvalue weighted by atomic mass is 16.5. The van der Waals surface area contributed by atoms with Gasteiger partial charge in [-0.15, -0.1) is 0 Å². The molecule has 3 N–H and O–H groups in total. The molecule has 0 saturated heterocycles. The molecule has 4 aromatic rings.